The maximum absolute atomic E-state index is 12.1. The van der Waals surface area contributed by atoms with Gasteiger partial charge in [0.1, 0.15) is 6.10 Å². The second-order valence-electron chi connectivity index (χ2n) is 6.42. The number of ether oxygens (including phenoxy) is 1. The van der Waals surface area contributed by atoms with Crippen molar-refractivity contribution in [2.75, 3.05) is 0 Å². The first kappa shape index (κ1) is 15.5. The Morgan fingerprint density at radius 1 is 1.00 bits per heavy atom. The van der Waals surface area contributed by atoms with Crippen LogP contribution in [0.3, 0.4) is 0 Å². The topological polar surface area (TPSA) is 26.3 Å². The van der Waals surface area contributed by atoms with Gasteiger partial charge in [0.2, 0.25) is 0 Å². The monoisotopic (exact) mass is 336 g/mol. The van der Waals surface area contributed by atoms with Crippen molar-refractivity contribution < 1.29 is 9.53 Å². The number of hydrogen-bond acceptors (Lipinski definition) is 3. The quantitative estimate of drug-likeness (QED) is 0.603. The molecule has 122 valence electrons. The molecule has 2 aliphatic rings. The fourth-order valence-corrected chi connectivity index (χ4v) is 4.36. The lowest BCUT2D eigenvalue weighted by atomic mass is 10.1. The summed E-state index contributed by atoms with van der Waals surface area (Å²) in [4.78, 5) is 14.6. The second-order valence-corrected chi connectivity index (χ2v) is 7.50. The smallest absolute Gasteiger partial charge is 0.310 e. The van der Waals surface area contributed by atoms with E-state index in [1.807, 2.05) is 6.07 Å². The molecule has 2 nitrogen and oxygen atoms in total. The number of benzene rings is 2. The lowest BCUT2D eigenvalue weighted by Gasteiger charge is -2.12. The Bertz CT molecular complexity index is 788. The fourth-order valence-electron chi connectivity index (χ4n) is 3.34. The number of fused-ring (bicyclic) bond motifs is 2. The Kier molecular flexibility index (Phi) is 4.44. The minimum atomic E-state index is -0.101. The molecule has 1 fully saturated rings. The molecule has 1 aliphatic carbocycles. The third kappa shape index (κ3) is 3.41. The number of esters is 1. The lowest BCUT2D eigenvalue weighted by Crippen LogP contribution is -2.16. The van der Waals surface area contributed by atoms with Crippen LogP contribution in [0.25, 0.3) is 12.2 Å². The van der Waals surface area contributed by atoms with Crippen LogP contribution in [0.1, 0.15) is 42.4 Å². The molecule has 0 N–H and O–H groups in total. The molecule has 4 rings (SSSR count). The first-order chi connectivity index (χ1) is 11.8. The molecule has 0 unspecified atom stereocenters. The van der Waals surface area contributed by atoms with Crippen LogP contribution in [0, 0.1) is 0 Å². The first-order valence-corrected chi connectivity index (χ1v) is 9.37. The van der Waals surface area contributed by atoms with Crippen molar-refractivity contribution in [3.05, 3.63) is 59.2 Å². The summed E-state index contributed by atoms with van der Waals surface area (Å²) in [5.74, 6) is -0.101. The average molecular weight is 336 g/mol. The molecule has 1 aliphatic heterocycles. The molecule has 0 spiro atoms. The van der Waals surface area contributed by atoms with Gasteiger partial charge in [-0.2, -0.15) is 0 Å². The van der Waals surface area contributed by atoms with Crippen LogP contribution in [-0.4, -0.2) is 12.1 Å². The van der Waals surface area contributed by atoms with Gasteiger partial charge in [-0.3, -0.25) is 4.79 Å². The average Bonchev–Trinajstić information content (AvgIpc) is 3.01. The highest BCUT2D eigenvalue weighted by Crippen LogP contribution is 2.37. The van der Waals surface area contributed by atoms with Crippen molar-refractivity contribution >= 4 is 29.9 Å². The van der Waals surface area contributed by atoms with Gasteiger partial charge in [0, 0.05) is 9.79 Å². The number of hydrogen-bond donors (Lipinski definition) is 0. The Morgan fingerprint density at radius 2 is 1.75 bits per heavy atom. The van der Waals surface area contributed by atoms with E-state index < -0.39 is 0 Å². The maximum atomic E-state index is 12.1. The normalized spacial score (nSPS) is 16.3. The van der Waals surface area contributed by atoms with Crippen molar-refractivity contribution in [3.63, 3.8) is 0 Å². The van der Waals surface area contributed by atoms with E-state index in [0.29, 0.717) is 6.42 Å². The molecule has 0 atom stereocenters. The Balaban J connectivity index is 1.50. The number of carbonyl (C=O) groups is 1. The molecule has 24 heavy (non-hydrogen) atoms. The van der Waals surface area contributed by atoms with Crippen LogP contribution in [0.15, 0.2) is 52.3 Å². The first-order valence-electron chi connectivity index (χ1n) is 8.55. The minimum absolute atomic E-state index is 0.101. The SMILES string of the molecule is O=C(Cc1ccc2c(c1)C=Cc1ccccc1S2)OC1CCCC1. The van der Waals surface area contributed by atoms with Crippen molar-refractivity contribution in [2.45, 2.75) is 48.0 Å². The Hall–Kier alpha value is -2.00. The molecule has 0 saturated heterocycles. The zero-order chi connectivity index (χ0) is 16.4. The number of carbonyl (C=O) groups excluding carboxylic acids is 1. The third-order valence-electron chi connectivity index (χ3n) is 4.60. The molecular formula is C21H20O2S. The van der Waals surface area contributed by atoms with E-state index in [0.717, 1.165) is 18.4 Å². The van der Waals surface area contributed by atoms with Gasteiger partial charge in [-0.15, -0.1) is 0 Å². The summed E-state index contributed by atoms with van der Waals surface area (Å²) in [5.41, 5.74) is 3.43. The minimum Gasteiger partial charge on any atom is -0.462 e. The van der Waals surface area contributed by atoms with Crippen LogP contribution < -0.4 is 0 Å². The van der Waals surface area contributed by atoms with Crippen LogP contribution in [-0.2, 0) is 16.0 Å². The van der Waals surface area contributed by atoms with Crippen LogP contribution in [0.5, 0.6) is 0 Å². The van der Waals surface area contributed by atoms with Gasteiger partial charge < -0.3 is 4.74 Å². The van der Waals surface area contributed by atoms with Gasteiger partial charge in [-0.05, 0) is 54.5 Å². The fraction of sp³-hybridized carbons (Fsp3) is 0.286. The molecular weight excluding hydrogens is 316 g/mol. The van der Waals surface area contributed by atoms with Crippen LogP contribution >= 0.6 is 11.8 Å². The van der Waals surface area contributed by atoms with Gasteiger partial charge in [-0.1, -0.05) is 54.2 Å². The summed E-state index contributed by atoms with van der Waals surface area (Å²) in [6.45, 7) is 0. The Morgan fingerprint density at radius 3 is 2.62 bits per heavy atom. The van der Waals surface area contributed by atoms with Crippen LogP contribution in [0.4, 0.5) is 0 Å². The summed E-state index contributed by atoms with van der Waals surface area (Å²) in [6.07, 6.45) is 9.19. The zero-order valence-electron chi connectivity index (χ0n) is 13.5. The summed E-state index contributed by atoms with van der Waals surface area (Å²) >= 11 is 1.78. The molecule has 1 heterocycles. The van der Waals surface area contributed by atoms with Crippen molar-refractivity contribution in [2.24, 2.45) is 0 Å². The van der Waals surface area contributed by atoms with E-state index in [4.69, 9.17) is 4.74 Å². The Labute approximate surface area is 146 Å². The van der Waals surface area contributed by atoms with E-state index in [-0.39, 0.29) is 12.1 Å². The molecule has 0 bridgehead atoms. The maximum Gasteiger partial charge on any atom is 0.310 e. The lowest BCUT2D eigenvalue weighted by molar-refractivity contribution is -0.147. The predicted octanol–water partition coefficient (Wildman–Crippen LogP) is 5.35. The van der Waals surface area contributed by atoms with E-state index >= 15 is 0 Å². The highest BCUT2D eigenvalue weighted by molar-refractivity contribution is 7.99. The van der Waals surface area contributed by atoms with Gasteiger partial charge in [0.15, 0.2) is 0 Å². The molecule has 2 aromatic carbocycles. The van der Waals surface area contributed by atoms with Crippen LogP contribution in [0.2, 0.25) is 0 Å². The van der Waals surface area contributed by atoms with E-state index in [1.165, 1.54) is 33.8 Å². The summed E-state index contributed by atoms with van der Waals surface area (Å²) in [6, 6.07) is 14.7. The van der Waals surface area contributed by atoms with Gasteiger partial charge >= 0.3 is 5.97 Å². The van der Waals surface area contributed by atoms with E-state index in [2.05, 4.69) is 48.6 Å². The van der Waals surface area contributed by atoms with Gasteiger partial charge in [0.05, 0.1) is 6.42 Å². The van der Waals surface area contributed by atoms with E-state index in [1.54, 1.807) is 11.8 Å². The summed E-state index contributed by atoms with van der Waals surface area (Å²) in [5, 5.41) is 0. The molecule has 1 saturated carbocycles. The summed E-state index contributed by atoms with van der Waals surface area (Å²) < 4.78 is 5.57. The highest BCUT2D eigenvalue weighted by Gasteiger charge is 2.19. The standard InChI is InChI=1S/C21H20O2S/c22-21(23-18-6-2-3-7-18)14-15-9-12-20-17(13-15)11-10-16-5-1-4-8-19(16)24-20/h1,4-5,8-13,18H,2-3,6-7,14H2. The summed E-state index contributed by atoms with van der Waals surface area (Å²) in [7, 11) is 0. The number of rotatable bonds is 3. The van der Waals surface area contributed by atoms with Gasteiger partial charge in [0.25, 0.3) is 0 Å². The molecule has 0 radical (unpaired) electrons. The highest BCUT2D eigenvalue weighted by atomic mass is 32.2. The molecule has 0 amide bonds. The van der Waals surface area contributed by atoms with Crippen molar-refractivity contribution in [1.82, 2.24) is 0 Å². The third-order valence-corrected chi connectivity index (χ3v) is 5.79. The zero-order valence-corrected chi connectivity index (χ0v) is 14.4. The second kappa shape index (κ2) is 6.86. The van der Waals surface area contributed by atoms with Crippen molar-refractivity contribution in [3.8, 4) is 0 Å². The largest absolute Gasteiger partial charge is 0.462 e. The molecule has 0 aromatic heterocycles. The predicted molar refractivity (Wildman–Crippen MR) is 98.0 cm³/mol. The van der Waals surface area contributed by atoms with Crippen molar-refractivity contribution in [1.29, 1.82) is 0 Å². The molecule has 2 aromatic rings. The molecule has 3 heteroatoms. The van der Waals surface area contributed by atoms with Gasteiger partial charge in [-0.25, -0.2) is 0 Å². The van der Waals surface area contributed by atoms with E-state index in [9.17, 15) is 4.79 Å².